The number of carbonyl (C=O) groups is 3. The van der Waals surface area contributed by atoms with Gasteiger partial charge in [0, 0.05) is 19.3 Å². The van der Waals surface area contributed by atoms with E-state index in [1.54, 1.807) is 0 Å². The van der Waals surface area contributed by atoms with Crippen molar-refractivity contribution >= 4 is 33.6 Å². The summed E-state index contributed by atoms with van der Waals surface area (Å²) in [5.74, 6) is -1.58. The highest BCUT2D eigenvalue weighted by Gasteiger charge is 2.29. The predicted molar refractivity (Wildman–Crippen MR) is 390 cm³/mol. The molecule has 0 radical (unpaired) electrons. The van der Waals surface area contributed by atoms with E-state index in [9.17, 15) is 43.5 Å². The van der Waals surface area contributed by atoms with Gasteiger partial charge in [0.2, 0.25) is 0 Å². The fraction of sp³-hybridized carbons (Fsp3) is 0.727. The Balaban J connectivity index is 4.48. The van der Waals surface area contributed by atoms with Crippen molar-refractivity contribution in [2.45, 2.75) is 322 Å². The molecule has 4 N–H and O–H groups in total. The van der Waals surface area contributed by atoms with Crippen molar-refractivity contribution in [1.29, 1.82) is 0 Å². The molecule has 5 atom stereocenters. The molecule has 0 spiro atoms. The molecule has 0 saturated heterocycles. The van der Waals surface area contributed by atoms with E-state index in [0.717, 1.165) is 161 Å². The third-order valence-corrected chi connectivity index (χ3v) is 17.4. The Morgan fingerprint density at radius 3 is 0.884 bits per heavy atom. The van der Waals surface area contributed by atoms with Gasteiger partial charge in [0.15, 0.2) is 6.10 Å². The van der Waals surface area contributed by atoms with Crippen LogP contribution in [0.4, 0.5) is 0 Å². The van der Waals surface area contributed by atoms with Crippen LogP contribution in [0.5, 0.6) is 0 Å². The predicted octanol–water partition coefficient (Wildman–Crippen LogP) is 21.2. The largest absolute Gasteiger partial charge is 0.472 e. The van der Waals surface area contributed by atoms with Crippen LogP contribution in [0, 0.1) is 0 Å². The van der Waals surface area contributed by atoms with Crippen LogP contribution in [0.2, 0.25) is 0 Å². The molecule has 0 fully saturated rings. The van der Waals surface area contributed by atoms with Gasteiger partial charge >= 0.3 is 33.6 Å². The van der Waals surface area contributed by atoms with Crippen molar-refractivity contribution in [2.75, 3.05) is 39.6 Å². The minimum absolute atomic E-state index is 0.105. The van der Waals surface area contributed by atoms with Gasteiger partial charge < -0.3 is 34.2 Å². The van der Waals surface area contributed by atoms with Crippen LogP contribution in [0.3, 0.4) is 0 Å². The van der Waals surface area contributed by atoms with E-state index < -0.39 is 91.5 Å². The SMILES string of the molecule is CC/C=C\C/C=C\C/C=C\C/C=C\C/C=C\C/C=C\CCCCCCCCCCCCC(=O)OCC(O)COP(=O)(O)OCC(O)COP(=O)(O)OCC(COC(=O)CCCCCCCCC/C=C\C/C=C\C/C=C\CC)OC(=O)CCCCCCCCCCCCCCC. The lowest BCUT2D eigenvalue weighted by molar-refractivity contribution is -0.161. The minimum atomic E-state index is -4.92. The van der Waals surface area contributed by atoms with E-state index in [1.165, 1.54) is 83.5 Å². The van der Waals surface area contributed by atoms with Crippen LogP contribution < -0.4 is 0 Å². The Hall–Kier alpha value is -3.79. The minimum Gasteiger partial charge on any atom is -0.463 e. The normalized spacial score (nSPS) is 14.7. The Labute approximate surface area is 577 Å². The number of rotatable bonds is 70. The summed E-state index contributed by atoms with van der Waals surface area (Å²) in [6.45, 7) is 2.45. The van der Waals surface area contributed by atoms with Crippen LogP contribution in [0.25, 0.3) is 0 Å². The van der Waals surface area contributed by atoms with E-state index in [-0.39, 0.29) is 19.3 Å². The lowest BCUT2D eigenvalue weighted by Gasteiger charge is -2.21. The summed E-state index contributed by atoms with van der Waals surface area (Å²) in [6, 6.07) is 0. The van der Waals surface area contributed by atoms with Gasteiger partial charge in [-0.05, 0) is 103 Å². The molecule has 5 unspecified atom stereocenters. The second-order valence-electron chi connectivity index (χ2n) is 24.7. The van der Waals surface area contributed by atoms with Gasteiger partial charge in [-0.25, -0.2) is 9.13 Å². The Morgan fingerprint density at radius 1 is 0.305 bits per heavy atom. The van der Waals surface area contributed by atoms with Crippen molar-refractivity contribution in [2.24, 2.45) is 0 Å². The number of phosphoric acid groups is 2. The molecule has 0 saturated carbocycles. The average Bonchev–Trinajstić information content (AvgIpc) is 3.76. The number of ether oxygens (including phenoxy) is 3. The maximum Gasteiger partial charge on any atom is 0.472 e. The third kappa shape index (κ3) is 71.3. The van der Waals surface area contributed by atoms with Crippen LogP contribution in [-0.2, 0) is 55.8 Å². The Bertz CT molecular complexity index is 2170. The van der Waals surface area contributed by atoms with E-state index in [2.05, 4.69) is 130 Å². The highest BCUT2D eigenvalue weighted by Crippen LogP contribution is 2.45. The number of hydrogen-bond donors (Lipinski definition) is 4. The standard InChI is InChI=1S/C77H134O16P2/c1-4-7-10-13-16-19-22-25-27-29-30-31-32-33-34-35-36-37-38-39-40-42-44-46-48-51-54-57-60-63-75(80)87-66-72(78)67-89-94(83,84)90-68-73(79)69-91-95(85,86)92-71-74(93-77(82)65-62-59-56-53-50-45-24-21-18-15-12-9-6-3)70-88-76(81)64-61-58-55-52-49-47-43-41-28-26-23-20-17-14-11-8-5-2/h7-8,10-11,16-17,19-20,25-28,30-31,33-34,36-37,72-74,78-79H,4-6,9,12-15,18,21-24,29,32,35,38-71H2,1-3H3,(H,83,84)(H,85,86)/b10-7-,11-8-,19-16-,20-17-,27-25-,28-26-,31-30-,34-33-,37-36-. The molecular formula is C77H134O16P2. The molecule has 95 heavy (non-hydrogen) atoms. The zero-order chi connectivity index (χ0) is 69.5. The molecule has 0 aliphatic rings. The molecule has 0 heterocycles. The van der Waals surface area contributed by atoms with Gasteiger partial charge in [-0.2, -0.15) is 0 Å². The number of esters is 3. The van der Waals surface area contributed by atoms with Gasteiger partial charge in [0.1, 0.15) is 25.4 Å². The molecule has 0 amide bonds. The Kier molecular flexibility index (Phi) is 67.3. The highest BCUT2D eigenvalue weighted by molar-refractivity contribution is 7.47. The fourth-order valence-electron chi connectivity index (χ4n) is 9.88. The number of phosphoric ester groups is 2. The second kappa shape index (κ2) is 70.1. The molecule has 18 heteroatoms. The smallest absolute Gasteiger partial charge is 0.463 e. The van der Waals surface area contributed by atoms with E-state index >= 15 is 0 Å². The van der Waals surface area contributed by atoms with Crippen molar-refractivity contribution in [3.63, 3.8) is 0 Å². The molecule has 0 rings (SSSR count). The molecule has 0 aromatic rings. The summed E-state index contributed by atoms with van der Waals surface area (Å²) >= 11 is 0. The van der Waals surface area contributed by atoms with Crippen LogP contribution in [0.15, 0.2) is 109 Å². The molecular weight excluding hydrogens is 1240 g/mol. The first-order chi connectivity index (χ1) is 46.2. The van der Waals surface area contributed by atoms with Crippen molar-refractivity contribution in [3.8, 4) is 0 Å². The van der Waals surface area contributed by atoms with E-state index in [4.69, 9.17) is 32.3 Å². The first-order valence-corrected chi connectivity index (χ1v) is 40.2. The van der Waals surface area contributed by atoms with Gasteiger partial charge in [0.05, 0.1) is 26.4 Å². The number of carbonyl (C=O) groups excluding carboxylic acids is 3. The summed E-state index contributed by atoms with van der Waals surface area (Å²) in [5, 5.41) is 20.6. The van der Waals surface area contributed by atoms with Gasteiger partial charge in [0.25, 0.3) is 0 Å². The van der Waals surface area contributed by atoms with Crippen molar-refractivity contribution < 1.29 is 75.8 Å². The van der Waals surface area contributed by atoms with Gasteiger partial charge in [-0.1, -0.05) is 291 Å². The molecule has 16 nitrogen and oxygen atoms in total. The number of unbranched alkanes of at least 4 members (excludes halogenated alkanes) is 29. The molecule has 0 aliphatic heterocycles. The van der Waals surface area contributed by atoms with Crippen LogP contribution in [0.1, 0.15) is 303 Å². The summed E-state index contributed by atoms with van der Waals surface area (Å²) in [6.07, 6.45) is 80.0. The van der Waals surface area contributed by atoms with E-state index in [1.807, 2.05) is 0 Å². The van der Waals surface area contributed by atoms with Gasteiger partial charge in [-0.15, -0.1) is 0 Å². The molecule has 0 aromatic heterocycles. The molecule has 0 bridgehead atoms. The summed E-state index contributed by atoms with van der Waals surface area (Å²) in [5.41, 5.74) is 0. The third-order valence-electron chi connectivity index (χ3n) is 15.5. The second-order valence-corrected chi connectivity index (χ2v) is 27.6. The fourth-order valence-corrected chi connectivity index (χ4v) is 11.5. The van der Waals surface area contributed by atoms with Crippen LogP contribution in [-0.4, -0.2) is 95.9 Å². The van der Waals surface area contributed by atoms with E-state index in [0.29, 0.717) is 19.3 Å². The molecule has 0 aliphatic carbocycles. The first kappa shape index (κ1) is 91.2. The number of allylic oxidation sites excluding steroid dienone is 18. The number of aliphatic hydroxyl groups is 2. The summed E-state index contributed by atoms with van der Waals surface area (Å²) in [7, 11) is -9.78. The van der Waals surface area contributed by atoms with Crippen molar-refractivity contribution in [1.82, 2.24) is 0 Å². The zero-order valence-corrected chi connectivity index (χ0v) is 61.4. The topological polar surface area (TPSA) is 231 Å². The maximum absolute atomic E-state index is 12.9. The highest BCUT2D eigenvalue weighted by atomic mass is 31.2. The first-order valence-electron chi connectivity index (χ1n) is 37.2. The Morgan fingerprint density at radius 2 is 0.558 bits per heavy atom. The molecule has 0 aromatic carbocycles. The quantitative estimate of drug-likeness (QED) is 0.0146. The van der Waals surface area contributed by atoms with Crippen molar-refractivity contribution in [3.05, 3.63) is 109 Å². The summed E-state index contributed by atoms with van der Waals surface area (Å²) < 4.78 is 61.0. The zero-order valence-electron chi connectivity index (χ0n) is 59.6. The number of hydrogen-bond acceptors (Lipinski definition) is 14. The maximum atomic E-state index is 12.9. The molecule has 548 valence electrons. The lowest BCUT2D eigenvalue weighted by Crippen LogP contribution is -2.30. The van der Waals surface area contributed by atoms with Crippen LogP contribution >= 0.6 is 15.6 Å². The number of aliphatic hydroxyl groups excluding tert-OH is 2. The van der Waals surface area contributed by atoms with Gasteiger partial charge in [-0.3, -0.25) is 32.5 Å². The average molecular weight is 1380 g/mol. The monoisotopic (exact) mass is 1380 g/mol. The summed E-state index contributed by atoms with van der Waals surface area (Å²) in [4.78, 5) is 58.5. The lowest BCUT2D eigenvalue weighted by atomic mass is 10.0.